The van der Waals surface area contributed by atoms with Crippen LogP contribution in [0.15, 0.2) is 12.1 Å². The molecule has 0 spiro atoms. The molecule has 2 amide bonds. The van der Waals surface area contributed by atoms with E-state index in [0.717, 1.165) is 17.0 Å². The molecule has 108 valence electrons. The Labute approximate surface area is 115 Å². The van der Waals surface area contributed by atoms with Gasteiger partial charge in [-0.15, -0.1) is 0 Å². The molecule has 1 aromatic carbocycles. The Kier molecular flexibility index (Phi) is 3.85. The zero-order chi connectivity index (χ0) is 15.0. The van der Waals surface area contributed by atoms with Crippen molar-refractivity contribution in [2.24, 2.45) is 5.92 Å². The lowest BCUT2D eigenvalue weighted by Crippen LogP contribution is -2.43. The molecule has 0 bridgehead atoms. The fourth-order valence-corrected chi connectivity index (χ4v) is 2.45. The summed E-state index contributed by atoms with van der Waals surface area (Å²) in [4.78, 5) is 25.4. The van der Waals surface area contributed by atoms with Crippen LogP contribution in [0.2, 0.25) is 0 Å². The predicted octanol–water partition coefficient (Wildman–Crippen LogP) is 1.97. The van der Waals surface area contributed by atoms with Gasteiger partial charge in [0.15, 0.2) is 11.6 Å². The number of nitrogens with zero attached hydrogens (tertiary/aromatic N) is 1. The summed E-state index contributed by atoms with van der Waals surface area (Å²) in [5, 5.41) is 9.05. The largest absolute Gasteiger partial charge is 0.396 e. The molecule has 20 heavy (non-hydrogen) atoms. The number of imide groups is 1. The quantitative estimate of drug-likeness (QED) is 0.859. The van der Waals surface area contributed by atoms with Crippen molar-refractivity contribution < 1.29 is 23.5 Å². The molecular formula is C14H15F2NO3. The van der Waals surface area contributed by atoms with Crippen molar-refractivity contribution in [1.82, 2.24) is 4.90 Å². The van der Waals surface area contributed by atoms with Crippen LogP contribution in [0.4, 0.5) is 8.78 Å². The van der Waals surface area contributed by atoms with Gasteiger partial charge in [-0.25, -0.2) is 8.78 Å². The van der Waals surface area contributed by atoms with Crippen LogP contribution in [0.5, 0.6) is 0 Å². The molecule has 1 unspecified atom stereocenters. The van der Waals surface area contributed by atoms with Crippen molar-refractivity contribution in [3.05, 3.63) is 34.9 Å². The lowest BCUT2D eigenvalue weighted by atomic mass is 9.99. The van der Waals surface area contributed by atoms with Gasteiger partial charge < -0.3 is 5.11 Å². The first-order valence-corrected chi connectivity index (χ1v) is 6.36. The van der Waals surface area contributed by atoms with Gasteiger partial charge in [0, 0.05) is 12.6 Å². The first kappa shape index (κ1) is 14.6. The summed E-state index contributed by atoms with van der Waals surface area (Å²) in [6.07, 6.45) is 0.230. The standard InChI is InChI=1S/C14H15F2NO3/c1-7(2)12(3-4-18)17-13(19)8-5-10(15)11(16)6-9(8)14(17)20/h5-7,12,18H,3-4H2,1-2H3. The van der Waals surface area contributed by atoms with Crippen LogP contribution in [-0.2, 0) is 0 Å². The van der Waals surface area contributed by atoms with Crippen molar-refractivity contribution in [2.75, 3.05) is 6.61 Å². The first-order valence-electron chi connectivity index (χ1n) is 6.36. The number of hydrogen-bond acceptors (Lipinski definition) is 3. The molecule has 0 saturated carbocycles. The molecular weight excluding hydrogens is 268 g/mol. The van der Waals surface area contributed by atoms with Crippen LogP contribution in [0.1, 0.15) is 41.0 Å². The average Bonchev–Trinajstić information content (AvgIpc) is 2.60. The second kappa shape index (κ2) is 5.28. The molecule has 0 saturated heterocycles. The van der Waals surface area contributed by atoms with E-state index in [2.05, 4.69) is 0 Å². The van der Waals surface area contributed by atoms with Crippen LogP contribution in [0.3, 0.4) is 0 Å². The van der Waals surface area contributed by atoms with Crippen LogP contribution in [0.25, 0.3) is 0 Å². The smallest absolute Gasteiger partial charge is 0.261 e. The van der Waals surface area contributed by atoms with E-state index in [0.29, 0.717) is 0 Å². The Bertz CT molecular complexity index is 531. The molecule has 1 N–H and O–H groups in total. The summed E-state index contributed by atoms with van der Waals surface area (Å²) in [6, 6.07) is 1.00. The fraction of sp³-hybridized carbons (Fsp3) is 0.429. The van der Waals surface area contributed by atoms with E-state index in [1.807, 2.05) is 13.8 Å². The van der Waals surface area contributed by atoms with Crippen molar-refractivity contribution >= 4 is 11.8 Å². The van der Waals surface area contributed by atoms with Crippen molar-refractivity contribution in [1.29, 1.82) is 0 Å². The van der Waals surface area contributed by atoms with Crippen LogP contribution in [-0.4, -0.2) is 34.5 Å². The maximum atomic E-state index is 13.2. The highest BCUT2D eigenvalue weighted by molar-refractivity contribution is 6.21. The Morgan fingerprint density at radius 1 is 1.10 bits per heavy atom. The van der Waals surface area contributed by atoms with E-state index in [9.17, 15) is 18.4 Å². The number of fused-ring (bicyclic) bond motifs is 1. The lowest BCUT2D eigenvalue weighted by Gasteiger charge is -2.28. The molecule has 6 heteroatoms. The minimum absolute atomic E-state index is 0.0703. The summed E-state index contributed by atoms with van der Waals surface area (Å²) in [5.74, 6) is -3.67. The maximum Gasteiger partial charge on any atom is 0.261 e. The van der Waals surface area contributed by atoms with Crippen LogP contribution >= 0.6 is 0 Å². The summed E-state index contributed by atoms with van der Waals surface area (Å²) < 4.78 is 26.4. The second-order valence-electron chi connectivity index (χ2n) is 5.12. The number of amides is 2. The highest BCUT2D eigenvalue weighted by atomic mass is 19.2. The SMILES string of the molecule is CC(C)C(CCO)N1C(=O)c2cc(F)c(F)cc2C1=O. The minimum Gasteiger partial charge on any atom is -0.396 e. The number of aliphatic hydroxyl groups is 1. The van der Waals surface area contributed by atoms with E-state index in [-0.39, 0.29) is 30.1 Å². The average molecular weight is 283 g/mol. The molecule has 0 aliphatic carbocycles. The third-order valence-corrected chi connectivity index (χ3v) is 3.48. The van der Waals surface area contributed by atoms with Gasteiger partial charge in [0.1, 0.15) is 0 Å². The van der Waals surface area contributed by atoms with E-state index < -0.39 is 29.5 Å². The Hall–Kier alpha value is -1.82. The number of carbonyl (C=O) groups excluding carboxylic acids is 2. The van der Waals surface area contributed by atoms with E-state index in [1.54, 1.807) is 0 Å². The van der Waals surface area contributed by atoms with Gasteiger partial charge in [-0.1, -0.05) is 13.8 Å². The van der Waals surface area contributed by atoms with Gasteiger partial charge in [0.25, 0.3) is 11.8 Å². The van der Waals surface area contributed by atoms with Gasteiger partial charge in [0.05, 0.1) is 11.1 Å². The fourth-order valence-electron chi connectivity index (χ4n) is 2.45. The van der Waals surface area contributed by atoms with Crippen LogP contribution < -0.4 is 0 Å². The molecule has 1 aliphatic heterocycles. The second-order valence-corrected chi connectivity index (χ2v) is 5.12. The molecule has 1 atom stereocenters. The minimum atomic E-state index is -1.16. The number of benzene rings is 1. The van der Waals surface area contributed by atoms with Crippen molar-refractivity contribution in [2.45, 2.75) is 26.3 Å². The van der Waals surface area contributed by atoms with Gasteiger partial charge >= 0.3 is 0 Å². The highest BCUT2D eigenvalue weighted by Gasteiger charge is 2.41. The monoisotopic (exact) mass is 283 g/mol. The zero-order valence-corrected chi connectivity index (χ0v) is 11.2. The van der Waals surface area contributed by atoms with E-state index in [1.165, 1.54) is 0 Å². The Morgan fingerprint density at radius 2 is 1.55 bits per heavy atom. The lowest BCUT2D eigenvalue weighted by molar-refractivity contribution is 0.0510. The molecule has 1 heterocycles. The van der Waals surface area contributed by atoms with E-state index in [4.69, 9.17) is 5.11 Å². The molecule has 1 aliphatic rings. The van der Waals surface area contributed by atoms with Gasteiger partial charge in [-0.2, -0.15) is 0 Å². The van der Waals surface area contributed by atoms with E-state index >= 15 is 0 Å². The van der Waals surface area contributed by atoms with Gasteiger partial charge in [-0.3, -0.25) is 14.5 Å². The number of aliphatic hydroxyl groups excluding tert-OH is 1. The summed E-state index contributed by atoms with van der Waals surface area (Å²) in [7, 11) is 0. The molecule has 0 fully saturated rings. The molecule has 4 nitrogen and oxygen atoms in total. The summed E-state index contributed by atoms with van der Waals surface area (Å²) >= 11 is 0. The highest BCUT2D eigenvalue weighted by Crippen LogP contribution is 2.29. The van der Waals surface area contributed by atoms with Crippen LogP contribution in [0, 0.1) is 17.6 Å². The molecule has 1 aromatic rings. The summed E-state index contributed by atoms with van der Waals surface area (Å²) in [6.45, 7) is 3.44. The Balaban J connectivity index is 2.46. The molecule has 2 rings (SSSR count). The van der Waals surface area contributed by atoms with Gasteiger partial charge in [-0.05, 0) is 24.5 Å². The topological polar surface area (TPSA) is 57.6 Å². The Morgan fingerprint density at radius 3 is 1.90 bits per heavy atom. The van der Waals surface area contributed by atoms with Gasteiger partial charge in [0.2, 0.25) is 0 Å². The third-order valence-electron chi connectivity index (χ3n) is 3.48. The maximum absolute atomic E-state index is 13.2. The number of halogens is 2. The van der Waals surface area contributed by atoms with Crippen molar-refractivity contribution in [3.8, 4) is 0 Å². The third kappa shape index (κ3) is 2.20. The number of rotatable bonds is 4. The number of hydrogen-bond donors (Lipinski definition) is 1. The normalized spacial score (nSPS) is 16.0. The predicted molar refractivity (Wildman–Crippen MR) is 67.2 cm³/mol. The number of carbonyl (C=O) groups is 2. The first-order chi connectivity index (χ1) is 9.38. The molecule has 0 aromatic heterocycles. The summed E-state index contributed by atoms with van der Waals surface area (Å²) in [5.41, 5.74) is -0.255. The molecule has 0 radical (unpaired) electrons. The zero-order valence-electron chi connectivity index (χ0n) is 11.2. The van der Waals surface area contributed by atoms with Crippen molar-refractivity contribution in [3.63, 3.8) is 0 Å².